The van der Waals surface area contributed by atoms with E-state index in [-0.39, 0.29) is 19.5 Å². The molecule has 0 aliphatic rings. The Morgan fingerprint density at radius 3 is 1.17 bits per heavy atom. The van der Waals surface area contributed by atoms with Crippen LogP contribution in [0.25, 0.3) is 0 Å². The van der Waals surface area contributed by atoms with E-state index < -0.39 is 13.6 Å². The normalized spacial score (nSPS) is 9.67. The van der Waals surface area contributed by atoms with E-state index in [2.05, 4.69) is 0 Å². The second-order valence-electron chi connectivity index (χ2n) is 0.408. The van der Waals surface area contributed by atoms with Gasteiger partial charge in [-0.05, 0) is 0 Å². The van der Waals surface area contributed by atoms with Gasteiger partial charge in [-0.1, -0.05) is 0 Å². The Hall–Kier alpha value is 0.676. The molecule has 0 saturated heterocycles. The monoisotopic (exact) mass is 180 g/mol. The summed E-state index contributed by atoms with van der Waals surface area (Å²) in [6, 6.07) is 0. The molecule has 4 nitrogen and oxygen atoms in total. The first-order chi connectivity index (χ1) is 2.00. The predicted octanol–water partition coefficient (Wildman–Crippen LogP) is -2.62. The quantitative estimate of drug-likeness (QED) is 0.383. The third-order valence-corrected chi connectivity index (χ3v) is 0. The molecule has 0 N–H and O–H groups in total. The fraction of sp³-hybridized carbons (Fsp3) is 0. The SMILES string of the molecule is [O]=[Cr](=[O])([O-])[O-].[Zn+2]. The molecule has 0 aromatic heterocycles. The van der Waals surface area contributed by atoms with E-state index >= 15 is 0 Å². The van der Waals surface area contributed by atoms with Gasteiger partial charge in [-0.15, -0.1) is 0 Å². The zero-order chi connectivity index (χ0) is 4.50. The maximum absolute atomic E-state index is 8.59. The number of rotatable bonds is 0. The van der Waals surface area contributed by atoms with Crippen LogP contribution in [-0.2, 0) is 40.7 Å². The second-order valence-corrected chi connectivity index (χ2v) is 1.68. The standard InChI is InChI=1S/Cr.4O.Zn/q;;;2*-1;+2. The van der Waals surface area contributed by atoms with Gasteiger partial charge in [0.1, 0.15) is 0 Å². The molecule has 0 atom stereocenters. The van der Waals surface area contributed by atoms with Crippen LogP contribution in [0.4, 0.5) is 0 Å². The van der Waals surface area contributed by atoms with Crippen LogP contribution in [0.1, 0.15) is 0 Å². The summed E-state index contributed by atoms with van der Waals surface area (Å²) >= 11 is -5.75. The van der Waals surface area contributed by atoms with Crippen LogP contribution in [0.5, 0.6) is 0 Å². The zero-order valence-corrected chi connectivity index (χ0v) is 6.99. The fourth-order valence-electron chi connectivity index (χ4n) is 0. The van der Waals surface area contributed by atoms with Crippen molar-refractivity contribution in [3.63, 3.8) is 0 Å². The Bertz CT molecular complexity index is 90.7. The Morgan fingerprint density at radius 2 is 1.17 bits per heavy atom. The molecule has 0 fully saturated rings. The van der Waals surface area contributed by atoms with Crippen LogP contribution in [0.2, 0.25) is 0 Å². The largest absolute Gasteiger partial charge is 2.00 e. The average Bonchev–Trinajstić information content (AvgIpc) is 0.722. The molecule has 0 rings (SSSR count). The van der Waals surface area contributed by atoms with Crippen LogP contribution in [0.3, 0.4) is 0 Å². The van der Waals surface area contributed by atoms with E-state index in [0.29, 0.717) is 0 Å². The molecule has 0 spiro atoms. The molecule has 0 amide bonds. The van der Waals surface area contributed by atoms with E-state index in [9.17, 15) is 0 Å². The minimum atomic E-state index is -5.75. The summed E-state index contributed by atoms with van der Waals surface area (Å²) < 4.78 is 34.4. The Morgan fingerprint density at radius 1 is 1.17 bits per heavy atom. The topological polar surface area (TPSA) is 80.3 Å². The van der Waals surface area contributed by atoms with Crippen molar-refractivity contribution in [3.05, 3.63) is 0 Å². The Balaban J connectivity index is 0. The smallest absolute Gasteiger partial charge is 2.00 e. The molecular formula is CrO4Zn. The molecule has 6 heavy (non-hydrogen) atoms. The van der Waals surface area contributed by atoms with Gasteiger partial charge in [0.15, 0.2) is 0 Å². The van der Waals surface area contributed by atoms with E-state index in [1.54, 1.807) is 0 Å². The van der Waals surface area contributed by atoms with E-state index in [4.69, 9.17) is 15.9 Å². The van der Waals surface area contributed by atoms with Gasteiger partial charge < -0.3 is 0 Å². The summed E-state index contributed by atoms with van der Waals surface area (Å²) in [4.78, 5) is 0. The fourth-order valence-corrected chi connectivity index (χ4v) is 0. The van der Waals surface area contributed by atoms with Crippen molar-refractivity contribution in [1.29, 1.82) is 0 Å². The Labute approximate surface area is 49.3 Å². The first kappa shape index (κ1) is 9.84. The van der Waals surface area contributed by atoms with Crippen molar-refractivity contribution >= 4 is 0 Å². The summed E-state index contributed by atoms with van der Waals surface area (Å²) in [5.41, 5.74) is 0. The zero-order valence-electron chi connectivity index (χ0n) is 2.75. The molecule has 6 heteroatoms. The first-order valence-electron chi connectivity index (χ1n) is 0.667. The maximum atomic E-state index is 8.59. The van der Waals surface area contributed by atoms with E-state index in [1.165, 1.54) is 0 Å². The third kappa shape index (κ3) is 138. The van der Waals surface area contributed by atoms with Crippen molar-refractivity contribution in [3.8, 4) is 0 Å². The summed E-state index contributed by atoms with van der Waals surface area (Å²) in [7, 11) is 0. The Kier molecular flexibility index (Phi) is 4.56. The van der Waals surface area contributed by atoms with Gasteiger partial charge in [0.2, 0.25) is 0 Å². The minimum Gasteiger partial charge on any atom is 2.00 e. The first-order valence-corrected chi connectivity index (χ1v) is 2.75. The molecule has 0 aliphatic carbocycles. The minimum absolute atomic E-state index is 0. The summed E-state index contributed by atoms with van der Waals surface area (Å²) in [6.45, 7) is 0. The van der Waals surface area contributed by atoms with Crippen molar-refractivity contribution in [2.45, 2.75) is 0 Å². The van der Waals surface area contributed by atoms with Gasteiger partial charge in [-0.25, -0.2) is 0 Å². The molecule has 0 radical (unpaired) electrons. The molecule has 0 unspecified atom stereocenters. The van der Waals surface area contributed by atoms with E-state index in [0.717, 1.165) is 0 Å². The molecule has 32 valence electrons. The van der Waals surface area contributed by atoms with Crippen molar-refractivity contribution < 1.29 is 49.0 Å². The number of hydrogen-bond acceptors (Lipinski definition) is 4. The molecular weight excluding hydrogens is 181 g/mol. The predicted molar refractivity (Wildman–Crippen MR) is 1.37 cm³/mol. The van der Waals surface area contributed by atoms with Gasteiger partial charge in [0.25, 0.3) is 0 Å². The van der Waals surface area contributed by atoms with Gasteiger partial charge in [-0.3, -0.25) is 0 Å². The second kappa shape index (κ2) is 2.78. The van der Waals surface area contributed by atoms with Crippen LogP contribution >= 0.6 is 0 Å². The van der Waals surface area contributed by atoms with Gasteiger partial charge >= 0.3 is 49.0 Å². The summed E-state index contributed by atoms with van der Waals surface area (Å²) in [5.74, 6) is 0. The van der Waals surface area contributed by atoms with Crippen molar-refractivity contribution in [2.24, 2.45) is 0 Å². The van der Waals surface area contributed by atoms with Crippen LogP contribution in [-0.4, -0.2) is 0 Å². The van der Waals surface area contributed by atoms with Crippen LogP contribution in [0, 0.1) is 0 Å². The summed E-state index contributed by atoms with van der Waals surface area (Å²) in [6.07, 6.45) is 0. The number of hydrogen-bond donors (Lipinski definition) is 0. The molecule has 0 aliphatic heterocycles. The van der Waals surface area contributed by atoms with Gasteiger partial charge in [-0.2, -0.15) is 0 Å². The van der Waals surface area contributed by atoms with Crippen LogP contribution < -0.4 is 8.32 Å². The average molecular weight is 181 g/mol. The third-order valence-electron chi connectivity index (χ3n) is 0. The van der Waals surface area contributed by atoms with Gasteiger partial charge in [0.05, 0.1) is 0 Å². The van der Waals surface area contributed by atoms with Crippen molar-refractivity contribution in [2.75, 3.05) is 0 Å². The molecule has 0 saturated carbocycles. The molecule has 0 bridgehead atoms. The maximum Gasteiger partial charge on any atom is 2.00 e. The molecule has 0 aromatic rings. The summed E-state index contributed by atoms with van der Waals surface area (Å²) in [5, 5.41) is 0. The van der Waals surface area contributed by atoms with E-state index in [1.807, 2.05) is 0 Å². The van der Waals surface area contributed by atoms with Crippen LogP contribution in [0.15, 0.2) is 0 Å². The molecule has 0 aromatic carbocycles. The van der Waals surface area contributed by atoms with Gasteiger partial charge in [0, 0.05) is 0 Å². The molecule has 0 heterocycles. The van der Waals surface area contributed by atoms with Crippen molar-refractivity contribution in [1.82, 2.24) is 0 Å².